The number of fused-ring (bicyclic) bond motifs is 1. The van der Waals surface area contributed by atoms with Gasteiger partial charge >= 0.3 is 0 Å². The van der Waals surface area contributed by atoms with Crippen molar-refractivity contribution in [2.24, 2.45) is 0 Å². The molecule has 1 aliphatic heterocycles. The largest absolute Gasteiger partial charge is 0.507 e. The second-order valence-corrected chi connectivity index (χ2v) is 11.8. The van der Waals surface area contributed by atoms with E-state index in [1.54, 1.807) is 18.3 Å². The predicted molar refractivity (Wildman–Crippen MR) is 181 cm³/mol. The van der Waals surface area contributed by atoms with Gasteiger partial charge in [0.05, 0.1) is 16.8 Å². The van der Waals surface area contributed by atoms with Crippen LogP contribution < -0.4 is 11.1 Å². The average Bonchev–Trinajstić information content (AvgIpc) is 3.73. The number of anilines is 1. The Morgan fingerprint density at radius 3 is 2.48 bits per heavy atom. The van der Waals surface area contributed by atoms with Gasteiger partial charge in [0, 0.05) is 43.1 Å². The Bertz CT molecular complexity index is 1980. The topological polar surface area (TPSA) is 122 Å². The van der Waals surface area contributed by atoms with Crippen molar-refractivity contribution in [2.45, 2.75) is 32.0 Å². The van der Waals surface area contributed by atoms with Crippen molar-refractivity contribution in [1.29, 1.82) is 0 Å². The lowest BCUT2D eigenvalue weighted by molar-refractivity contribution is 0.112. The summed E-state index contributed by atoms with van der Waals surface area (Å²) in [5.41, 5.74) is 13.8. The molecule has 0 saturated carbocycles. The van der Waals surface area contributed by atoms with Crippen molar-refractivity contribution in [3.05, 3.63) is 120 Å². The van der Waals surface area contributed by atoms with Crippen LogP contribution in [0.25, 0.3) is 39.5 Å². The molecule has 3 aromatic heterocycles. The number of hydrogen-bond acceptors (Lipinski definition) is 8. The van der Waals surface area contributed by atoms with Crippen LogP contribution in [0.5, 0.6) is 5.75 Å². The minimum absolute atomic E-state index is 0.0115. The molecule has 0 bridgehead atoms. The van der Waals surface area contributed by atoms with Gasteiger partial charge in [0.15, 0.2) is 17.8 Å². The van der Waals surface area contributed by atoms with Crippen molar-refractivity contribution in [3.8, 4) is 34.1 Å². The van der Waals surface area contributed by atoms with E-state index in [0.717, 1.165) is 70.9 Å². The van der Waals surface area contributed by atoms with Crippen molar-refractivity contribution in [2.75, 3.05) is 18.8 Å². The fourth-order valence-electron chi connectivity index (χ4n) is 6.22. The molecule has 0 spiro atoms. The van der Waals surface area contributed by atoms with E-state index in [1.807, 2.05) is 48.5 Å². The lowest BCUT2D eigenvalue weighted by Gasteiger charge is -2.26. The Morgan fingerprint density at radius 2 is 1.74 bits per heavy atom. The molecule has 6 aromatic rings. The fraction of sp³-hybridized carbons (Fsp3) is 0.189. The summed E-state index contributed by atoms with van der Waals surface area (Å²) in [6, 6.07) is 32.1. The van der Waals surface area contributed by atoms with Gasteiger partial charge in [-0.25, -0.2) is 15.0 Å². The molecule has 1 saturated heterocycles. The Morgan fingerprint density at radius 1 is 0.935 bits per heavy atom. The number of nitrogen functional groups attached to an aromatic ring is 1. The van der Waals surface area contributed by atoms with E-state index < -0.39 is 0 Å². The molecule has 7 rings (SSSR count). The van der Waals surface area contributed by atoms with Crippen LogP contribution in [0.2, 0.25) is 0 Å². The molecule has 0 amide bonds. The molecule has 9 heteroatoms. The number of rotatable bonds is 10. The highest BCUT2D eigenvalue weighted by molar-refractivity contribution is 5.84. The molecule has 1 unspecified atom stereocenters. The second kappa shape index (κ2) is 12.9. The average molecular weight is 610 g/mol. The van der Waals surface area contributed by atoms with E-state index in [2.05, 4.69) is 56.2 Å². The molecule has 230 valence electrons. The monoisotopic (exact) mass is 609 g/mol. The van der Waals surface area contributed by atoms with Gasteiger partial charge in [-0.1, -0.05) is 48.5 Å². The molecule has 3 aromatic carbocycles. The van der Waals surface area contributed by atoms with E-state index in [0.29, 0.717) is 36.1 Å². The van der Waals surface area contributed by atoms with Gasteiger partial charge in [-0.2, -0.15) is 0 Å². The first-order valence-corrected chi connectivity index (χ1v) is 15.5. The number of phenols is 1. The number of benzene rings is 3. The number of nitrogens with two attached hydrogens (primary N) is 1. The number of carbonyl (C=O) groups excluding carboxylic acids is 1. The van der Waals surface area contributed by atoms with E-state index in [1.165, 1.54) is 6.42 Å². The van der Waals surface area contributed by atoms with E-state index >= 15 is 0 Å². The molecule has 4 heterocycles. The minimum Gasteiger partial charge on any atom is -0.507 e. The summed E-state index contributed by atoms with van der Waals surface area (Å²) in [4.78, 5) is 28.0. The molecule has 1 atom stereocenters. The van der Waals surface area contributed by atoms with Crippen LogP contribution in [-0.4, -0.2) is 54.9 Å². The van der Waals surface area contributed by atoms with Crippen molar-refractivity contribution >= 4 is 23.3 Å². The Hall–Kier alpha value is -5.38. The highest BCUT2D eigenvalue weighted by atomic mass is 16.3. The van der Waals surface area contributed by atoms with Crippen LogP contribution in [0.15, 0.2) is 103 Å². The highest BCUT2D eigenvalue weighted by Gasteiger charge is 2.21. The summed E-state index contributed by atoms with van der Waals surface area (Å²) in [7, 11) is 0. The maximum Gasteiger partial charge on any atom is 0.165 e. The third kappa shape index (κ3) is 6.10. The number of imidazole rings is 1. The number of pyridine rings is 2. The van der Waals surface area contributed by atoms with Crippen LogP contribution in [0.3, 0.4) is 0 Å². The standard InChI is InChI=1S/C37H35N7O2/c38-35-31(9-5-19-40-35)36-42-33-17-16-32(27-6-2-1-3-7-27)41-37(33)44(36)30-14-11-25(12-15-30)21-43(23-29-8-4-18-39-29)22-26-10-13-28(24-45)34(46)20-26/h1-3,5-7,9-17,19-20,24,29,39,46H,4,8,18,21-23H2,(H2,38,40). The number of hydrogen-bond donors (Lipinski definition) is 3. The van der Waals surface area contributed by atoms with Gasteiger partial charge in [0.2, 0.25) is 0 Å². The zero-order valence-electron chi connectivity index (χ0n) is 25.4. The number of phenolic OH excluding ortho intramolecular Hbond substituents is 1. The summed E-state index contributed by atoms with van der Waals surface area (Å²) >= 11 is 0. The summed E-state index contributed by atoms with van der Waals surface area (Å²) in [5, 5.41) is 13.9. The number of aromatic nitrogens is 4. The van der Waals surface area contributed by atoms with Gasteiger partial charge in [0.1, 0.15) is 17.1 Å². The van der Waals surface area contributed by atoms with Gasteiger partial charge in [0.25, 0.3) is 0 Å². The predicted octanol–water partition coefficient (Wildman–Crippen LogP) is 6.00. The first-order valence-electron chi connectivity index (χ1n) is 15.5. The van der Waals surface area contributed by atoms with Crippen LogP contribution >= 0.6 is 0 Å². The van der Waals surface area contributed by atoms with Crippen molar-refractivity contribution in [3.63, 3.8) is 0 Å². The normalized spacial score (nSPS) is 14.7. The van der Waals surface area contributed by atoms with Crippen LogP contribution in [-0.2, 0) is 13.1 Å². The van der Waals surface area contributed by atoms with Gasteiger partial charge < -0.3 is 16.2 Å². The molecule has 1 fully saturated rings. The summed E-state index contributed by atoms with van der Waals surface area (Å²) in [6.45, 7) is 3.28. The SMILES string of the molecule is Nc1ncccc1-c1nc2ccc(-c3ccccc3)nc2n1-c1ccc(CN(Cc2ccc(C=O)c(O)c2)CC2CCCN2)cc1. The lowest BCUT2D eigenvalue weighted by atomic mass is 10.1. The van der Waals surface area contributed by atoms with Crippen LogP contribution in [0.1, 0.15) is 34.3 Å². The molecule has 9 nitrogen and oxygen atoms in total. The second-order valence-electron chi connectivity index (χ2n) is 11.8. The molecular formula is C37H35N7O2. The molecule has 1 aliphatic rings. The van der Waals surface area contributed by atoms with Gasteiger partial charge in [-0.05, 0) is 79.0 Å². The van der Waals surface area contributed by atoms with Crippen molar-refractivity contribution < 1.29 is 9.90 Å². The Labute approximate surface area is 267 Å². The molecule has 0 aliphatic carbocycles. The molecule has 0 radical (unpaired) electrons. The third-order valence-corrected chi connectivity index (χ3v) is 8.52. The summed E-state index contributed by atoms with van der Waals surface area (Å²) in [5.74, 6) is 1.10. The minimum atomic E-state index is 0.0115. The van der Waals surface area contributed by atoms with Gasteiger partial charge in [-0.15, -0.1) is 0 Å². The van der Waals surface area contributed by atoms with Crippen LogP contribution in [0, 0.1) is 0 Å². The number of aromatic hydroxyl groups is 1. The first-order chi connectivity index (χ1) is 22.6. The van der Waals surface area contributed by atoms with Gasteiger partial charge in [-0.3, -0.25) is 14.3 Å². The third-order valence-electron chi connectivity index (χ3n) is 8.52. The zero-order valence-corrected chi connectivity index (χ0v) is 25.4. The first kappa shape index (κ1) is 29.3. The summed E-state index contributed by atoms with van der Waals surface area (Å²) in [6.07, 6.45) is 4.66. The number of nitrogens with one attached hydrogen (secondary N) is 1. The number of aldehydes is 1. The zero-order chi connectivity index (χ0) is 31.5. The maximum atomic E-state index is 11.2. The number of carbonyl (C=O) groups is 1. The van der Waals surface area contributed by atoms with E-state index in [9.17, 15) is 9.90 Å². The highest BCUT2D eigenvalue weighted by Crippen LogP contribution is 2.32. The molecular weight excluding hydrogens is 574 g/mol. The fourth-order valence-corrected chi connectivity index (χ4v) is 6.22. The maximum absolute atomic E-state index is 11.2. The Balaban J connectivity index is 1.23. The van der Waals surface area contributed by atoms with E-state index in [4.69, 9.17) is 15.7 Å². The molecule has 46 heavy (non-hydrogen) atoms. The van der Waals surface area contributed by atoms with Crippen LogP contribution in [0.4, 0.5) is 5.82 Å². The lowest BCUT2D eigenvalue weighted by Crippen LogP contribution is -2.36. The number of nitrogens with zero attached hydrogens (tertiary/aromatic N) is 5. The summed E-state index contributed by atoms with van der Waals surface area (Å²) < 4.78 is 2.05. The van der Waals surface area contributed by atoms with E-state index in [-0.39, 0.29) is 5.75 Å². The smallest absolute Gasteiger partial charge is 0.165 e. The molecule has 4 N–H and O–H groups in total. The Kier molecular flexibility index (Phi) is 8.24. The van der Waals surface area contributed by atoms with Crippen molar-refractivity contribution in [1.82, 2.24) is 29.7 Å². The quantitative estimate of drug-likeness (QED) is 0.162.